The van der Waals surface area contributed by atoms with Gasteiger partial charge in [-0.25, -0.2) is 8.42 Å². The van der Waals surface area contributed by atoms with Crippen molar-refractivity contribution in [3.8, 4) is 0 Å². The molecule has 0 saturated carbocycles. The number of hydrogen-bond donors (Lipinski definition) is 0. The number of hydrogen-bond acceptors (Lipinski definition) is 4. The standard InChI is InChI=1S/C26H26N2O4S/c1-18-12-14-22(15-13-18)28(4)33(30,31)23-10-7-9-21(16-23)26(29)27(3)19(2)25-17-20-8-5-6-11-24(20)32-25/h5-17,19H,1-4H3. The lowest BCUT2D eigenvalue weighted by molar-refractivity contribution is 0.0727. The summed E-state index contributed by atoms with van der Waals surface area (Å²) in [6.07, 6.45) is 0. The molecule has 6 nitrogen and oxygen atoms in total. The minimum atomic E-state index is -3.83. The third-order valence-electron chi connectivity index (χ3n) is 5.89. The first-order valence-electron chi connectivity index (χ1n) is 10.6. The highest BCUT2D eigenvalue weighted by Crippen LogP contribution is 2.28. The van der Waals surface area contributed by atoms with Crippen molar-refractivity contribution in [1.29, 1.82) is 0 Å². The zero-order chi connectivity index (χ0) is 23.8. The number of fused-ring (bicyclic) bond motifs is 1. The Kier molecular flexibility index (Phi) is 5.99. The molecule has 0 spiro atoms. The highest BCUT2D eigenvalue weighted by Gasteiger charge is 2.25. The molecule has 170 valence electrons. The lowest BCUT2D eigenvalue weighted by Crippen LogP contribution is -2.30. The molecule has 7 heteroatoms. The van der Waals surface area contributed by atoms with Crippen LogP contribution in [0.4, 0.5) is 5.69 Å². The van der Waals surface area contributed by atoms with Crippen LogP contribution in [0.25, 0.3) is 11.0 Å². The highest BCUT2D eigenvalue weighted by atomic mass is 32.2. The van der Waals surface area contributed by atoms with Gasteiger partial charge < -0.3 is 9.32 Å². The molecular formula is C26H26N2O4S. The Morgan fingerprint density at radius 2 is 1.61 bits per heavy atom. The first-order chi connectivity index (χ1) is 15.7. The number of anilines is 1. The predicted octanol–water partition coefficient (Wildman–Crippen LogP) is 5.40. The maximum Gasteiger partial charge on any atom is 0.264 e. The van der Waals surface area contributed by atoms with Crippen molar-refractivity contribution < 1.29 is 17.6 Å². The van der Waals surface area contributed by atoms with E-state index in [4.69, 9.17) is 4.42 Å². The Balaban J connectivity index is 1.59. The van der Waals surface area contributed by atoms with Crippen LogP contribution < -0.4 is 4.31 Å². The van der Waals surface area contributed by atoms with Gasteiger partial charge in [-0.3, -0.25) is 9.10 Å². The lowest BCUT2D eigenvalue weighted by Gasteiger charge is -2.24. The molecule has 0 aliphatic heterocycles. The molecule has 1 atom stereocenters. The molecular weight excluding hydrogens is 436 g/mol. The minimum Gasteiger partial charge on any atom is -0.459 e. The van der Waals surface area contributed by atoms with Crippen LogP contribution in [0.2, 0.25) is 0 Å². The van der Waals surface area contributed by atoms with Crippen LogP contribution in [0, 0.1) is 6.92 Å². The number of benzene rings is 3. The third-order valence-corrected chi connectivity index (χ3v) is 7.68. The van der Waals surface area contributed by atoms with Crippen LogP contribution in [-0.2, 0) is 10.0 Å². The van der Waals surface area contributed by atoms with Crippen molar-refractivity contribution in [2.75, 3.05) is 18.4 Å². The SMILES string of the molecule is Cc1ccc(N(C)S(=O)(=O)c2cccc(C(=O)N(C)C(C)c3cc4ccccc4o3)c2)cc1. The van der Waals surface area contributed by atoms with E-state index in [0.29, 0.717) is 17.0 Å². The summed E-state index contributed by atoms with van der Waals surface area (Å²) in [5, 5.41) is 0.965. The fourth-order valence-corrected chi connectivity index (χ4v) is 4.86. The number of sulfonamides is 1. The van der Waals surface area contributed by atoms with Crippen molar-refractivity contribution in [2.24, 2.45) is 0 Å². The minimum absolute atomic E-state index is 0.0567. The number of rotatable bonds is 6. The van der Waals surface area contributed by atoms with Gasteiger partial charge in [-0.2, -0.15) is 0 Å². The summed E-state index contributed by atoms with van der Waals surface area (Å²) >= 11 is 0. The number of carbonyl (C=O) groups is 1. The van der Waals surface area contributed by atoms with Gasteiger partial charge in [0.25, 0.3) is 15.9 Å². The van der Waals surface area contributed by atoms with E-state index in [9.17, 15) is 13.2 Å². The Labute approximate surface area is 194 Å². The summed E-state index contributed by atoms with van der Waals surface area (Å²) in [4.78, 5) is 14.8. The number of carbonyl (C=O) groups excluding carboxylic acids is 1. The van der Waals surface area contributed by atoms with Crippen LogP contribution in [-0.4, -0.2) is 33.3 Å². The maximum absolute atomic E-state index is 13.2. The molecule has 1 aromatic heterocycles. The highest BCUT2D eigenvalue weighted by molar-refractivity contribution is 7.92. The van der Waals surface area contributed by atoms with E-state index in [1.54, 1.807) is 36.2 Å². The summed E-state index contributed by atoms with van der Waals surface area (Å²) in [5.41, 5.74) is 2.64. The smallest absolute Gasteiger partial charge is 0.264 e. The predicted molar refractivity (Wildman–Crippen MR) is 130 cm³/mol. The van der Waals surface area contributed by atoms with E-state index in [1.807, 2.05) is 56.3 Å². The van der Waals surface area contributed by atoms with E-state index in [-0.39, 0.29) is 16.8 Å². The second-order valence-electron chi connectivity index (χ2n) is 8.11. The summed E-state index contributed by atoms with van der Waals surface area (Å²) in [7, 11) is -0.648. The Morgan fingerprint density at radius 1 is 0.909 bits per heavy atom. The average Bonchev–Trinajstić information content (AvgIpc) is 3.27. The van der Waals surface area contributed by atoms with Gasteiger partial charge in [0, 0.05) is 25.0 Å². The summed E-state index contributed by atoms with van der Waals surface area (Å²) in [6, 6.07) is 22.6. The molecule has 33 heavy (non-hydrogen) atoms. The van der Waals surface area contributed by atoms with Crippen molar-refractivity contribution in [3.63, 3.8) is 0 Å². The van der Waals surface area contributed by atoms with Gasteiger partial charge >= 0.3 is 0 Å². The zero-order valence-electron chi connectivity index (χ0n) is 19.0. The summed E-state index contributed by atoms with van der Waals surface area (Å²) in [6.45, 7) is 3.82. The molecule has 4 rings (SSSR count). The quantitative estimate of drug-likeness (QED) is 0.385. The van der Waals surface area contributed by atoms with Gasteiger partial charge in [0.1, 0.15) is 11.3 Å². The van der Waals surface area contributed by atoms with Crippen molar-refractivity contribution >= 4 is 32.6 Å². The number of nitrogens with zero attached hydrogens (tertiary/aromatic N) is 2. The molecule has 0 radical (unpaired) electrons. The Morgan fingerprint density at radius 3 is 2.30 bits per heavy atom. The second kappa shape index (κ2) is 8.75. The van der Waals surface area contributed by atoms with Gasteiger partial charge in [-0.05, 0) is 56.3 Å². The molecule has 0 saturated heterocycles. The fraction of sp³-hybridized carbons (Fsp3) is 0.192. The number of furan rings is 1. The van der Waals surface area contributed by atoms with E-state index in [2.05, 4.69) is 0 Å². The molecule has 0 fully saturated rings. The van der Waals surface area contributed by atoms with Crippen molar-refractivity contribution in [3.05, 3.63) is 95.7 Å². The van der Waals surface area contributed by atoms with Gasteiger partial charge in [0.2, 0.25) is 0 Å². The zero-order valence-corrected chi connectivity index (χ0v) is 19.8. The van der Waals surface area contributed by atoms with Crippen molar-refractivity contribution in [2.45, 2.75) is 24.8 Å². The lowest BCUT2D eigenvalue weighted by atomic mass is 10.1. The molecule has 4 aromatic rings. The number of amides is 1. The maximum atomic E-state index is 13.2. The third kappa shape index (κ3) is 4.36. The second-order valence-corrected chi connectivity index (χ2v) is 10.1. The summed E-state index contributed by atoms with van der Waals surface area (Å²) in [5.74, 6) is 0.368. The first-order valence-corrected chi connectivity index (χ1v) is 12.0. The first kappa shape index (κ1) is 22.6. The molecule has 1 amide bonds. The average molecular weight is 463 g/mol. The topological polar surface area (TPSA) is 70.8 Å². The summed E-state index contributed by atoms with van der Waals surface area (Å²) < 4.78 is 33.5. The molecule has 1 heterocycles. The van der Waals surface area contributed by atoms with Crippen LogP contribution >= 0.6 is 0 Å². The molecule has 0 aliphatic rings. The van der Waals surface area contributed by atoms with Crippen LogP contribution in [0.1, 0.15) is 34.6 Å². The monoisotopic (exact) mass is 462 g/mol. The van der Waals surface area contributed by atoms with E-state index in [0.717, 1.165) is 16.5 Å². The van der Waals surface area contributed by atoms with E-state index >= 15 is 0 Å². The van der Waals surface area contributed by atoms with Gasteiger partial charge in [0.15, 0.2) is 0 Å². The van der Waals surface area contributed by atoms with E-state index in [1.165, 1.54) is 23.5 Å². The normalized spacial score (nSPS) is 12.5. The molecule has 0 bridgehead atoms. The Bertz CT molecular complexity index is 1370. The number of para-hydroxylation sites is 1. The van der Waals surface area contributed by atoms with E-state index < -0.39 is 10.0 Å². The molecule has 3 aromatic carbocycles. The van der Waals surface area contributed by atoms with Crippen LogP contribution in [0.15, 0.2) is 88.2 Å². The fourth-order valence-electron chi connectivity index (χ4n) is 3.62. The Hall–Kier alpha value is -3.58. The van der Waals surface area contributed by atoms with Gasteiger partial charge in [0.05, 0.1) is 16.6 Å². The molecule has 1 unspecified atom stereocenters. The van der Waals surface area contributed by atoms with Crippen molar-refractivity contribution in [1.82, 2.24) is 4.90 Å². The van der Waals surface area contributed by atoms with Gasteiger partial charge in [-0.1, -0.05) is 42.0 Å². The van der Waals surface area contributed by atoms with Gasteiger partial charge in [-0.15, -0.1) is 0 Å². The number of aryl methyl sites for hydroxylation is 1. The molecule has 0 aliphatic carbocycles. The van der Waals surface area contributed by atoms with Crippen LogP contribution in [0.3, 0.4) is 0 Å². The molecule has 0 N–H and O–H groups in total. The van der Waals surface area contributed by atoms with Crippen LogP contribution in [0.5, 0.6) is 0 Å². The largest absolute Gasteiger partial charge is 0.459 e.